The molecule has 160 valence electrons. The molecule has 0 atom stereocenters. The van der Waals surface area contributed by atoms with Crippen molar-refractivity contribution in [3.63, 3.8) is 0 Å². The van der Waals surface area contributed by atoms with E-state index in [0.717, 1.165) is 0 Å². The van der Waals surface area contributed by atoms with Crippen LogP contribution in [0, 0.1) is 17.3 Å². The number of hydrogen-bond acceptors (Lipinski definition) is 5. The van der Waals surface area contributed by atoms with Crippen LogP contribution in [0.2, 0.25) is 0 Å². The third-order valence-electron chi connectivity index (χ3n) is 5.34. The SMILES string of the molecule is N#CNC(=O)c1ccncc1Cc1nn(CCN2CCC(F)(F)C2)c2ccc(F)cc12. The van der Waals surface area contributed by atoms with E-state index < -0.39 is 17.6 Å². The zero-order valence-corrected chi connectivity index (χ0v) is 16.5. The Morgan fingerprint density at radius 1 is 1.29 bits per heavy atom. The predicted molar refractivity (Wildman–Crippen MR) is 106 cm³/mol. The molecule has 2 aromatic heterocycles. The fourth-order valence-corrected chi connectivity index (χ4v) is 3.84. The van der Waals surface area contributed by atoms with Crippen LogP contribution in [-0.2, 0) is 13.0 Å². The van der Waals surface area contributed by atoms with E-state index in [0.29, 0.717) is 41.8 Å². The number of carbonyl (C=O) groups is 1. The van der Waals surface area contributed by atoms with Gasteiger partial charge in [0.1, 0.15) is 5.82 Å². The number of nitrogens with zero attached hydrogens (tertiary/aromatic N) is 5. The van der Waals surface area contributed by atoms with Crippen molar-refractivity contribution in [1.82, 2.24) is 25.0 Å². The molecule has 4 rings (SSSR count). The Morgan fingerprint density at radius 3 is 2.87 bits per heavy atom. The molecule has 0 saturated carbocycles. The van der Waals surface area contributed by atoms with E-state index >= 15 is 0 Å². The minimum absolute atomic E-state index is 0.155. The maximum absolute atomic E-state index is 13.9. The largest absolute Gasteiger partial charge is 0.295 e. The lowest BCUT2D eigenvalue weighted by Crippen LogP contribution is -2.28. The minimum Gasteiger partial charge on any atom is -0.295 e. The van der Waals surface area contributed by atoms with Gasteiger partial charge in [-0.1, -0.05) is 0 Å². The maximum atomic E-state index is 13.9. The molecule has 31 heavy (non-hydrogen) atoms. The summed E-state index contributed by atoms with van der Waals surface area (Å²) in [5.41, 5.74) is 2.01. The highest BCUT2D eigenvalue weighted by atomic mass is 19.3. The summed E-state index contributed by atoms with van der Waals surface area (Å²) in [6.45, 7) is 0.806. The molecule has 10 heteroatoms. The van der Waals surface area contributed by atoms with Crippen LogP contribution >= 0.6 is 0 Å². The van der Waals surface area contributed by atoms with Crippen molar-refractivity contribution in [1.29, 1.82) is 5.26 Å². The number of nitriles is 1. The number of halogens is 3. The van der Waals surface area contributed by atoms with Gasteiger partial charge in [-0.3, -0.25) is 24.7 Å². The topological polar surface area (TPSA) is 86.8 Å². The first kappa shape index (κ1) is 20.8. The van der Waals surface area contributed by atoms with Crippen LogP contribution < -0.4 is 5.32 Å². The zero-order chi connectivity index (χ0) is 22.0. The van der Waals surface area contributed by atoms with Crippen LogP contribution in [0.4, 0.5) is 13.2 Å². The number of pyridine rings is 1. The van der Waals surface area contributed by atoms with Crippen molar-refractivity contribution in [3.05, 3.63) is 59.3 Å². The predicted octanol–water partition coefficient (Wildman–Crippen LogP) is 2.71. The molecule has 0 aliphatic carbocycles. The number of likely N-dealkylation sites (tertiary alicyclic amines) is 1. The average Bonchev–Trinajstić information content (AvgIpc) is 3.26. The summed E-state index contributed by atoms with van der Waals surface area (Å²) in [6.07, 6.45) is 4.58. The molecule has 3 heterocycles. The minimum atomic E-state index is -2.67. The van der Waals surface area contributed by atoms with Gasteiger partial charge in [0.05, 0.1) is 24.3 Å². The van der Waals surface area contributed by atoms with Gasteiger partial charge in [0.25, 0.3) is 11.8 Å². The second-order valence-electron chi connectivity index (χ2n) is 7.49. The van der Waals surface area contributed by atoms with E-state index in [9.17, 15) is 18.0 Å². The summed E-state index contributed by atoms with van der Waals surface area (Å²) in [7, 11) is 0. The van der Waals surface area contributed by atoms with Gasteiger partial charge < -0.3 is 0 Å². The number of alkyl halides is 2. The Morgan fingerprint density at radius 2 is 2.13 bits per heavy atom. The van der Waals surface area contributed by atoms with E-state index in [4.69, 9.17) is 5.26 Å². The Balaban J connectivity index is 1.63. The van der Waals surface area contributed by atoms with Gasteiger partial charge in [-0.25, -0.2) is 13.2 Å². The molecule has 1 fully saturated rings. The van der Waals surface area contributed by atoms with E-state index in [1.54, 1.807) is 21.8 Å². The van der Waals surface area contributed by atoms with Gasteiger partial charge >= 0.3 is 0 Å². The molecule has 1 amide bonds. The van der Waals surface area contributed by atoms with Gasteiger partial charge in [-0.2, -0.15) is 10.4 Å². The Bertz CT molecular complexity index is 1170. The summed E-state index contributed by atoms with van der Waals surface area (Å²) in [4.78, 5) is 17.9. The van der Waals surface area contributed by atoms with Crippen molar-refractivity contribution in [2.45, 2.75) is 25.3 Å². The average molecular weight is 428 g/mol. The van der Waals surface area contributed by atoms with Crippen molar-refractivity contribution in [2.24, 2.45) is 0 Å². The number of amides is 1. The van der Waals surface area contributed by atoms with E-state index in [1.807, 2.05) is 0 Å². The quantitative estimate of drug-likeness (QED) is 0.482. The maximum Gasteiger partial charge on any atom is 0.264 e. The van der Waals surface area contributed by atoms with Crippen LogP contribution in [0.15, 0.2) is 36.7 Å². The second kappa shape index (κ2) is 8.35. The molecule has 1 N–H and O–H groups in total. The summed E-state index contributed by atoms with van der Waals surface area (Å²) < 4.78 is 42.5. The normalized spacial score (nSPS) is 15.8. The van der Waals surface area contributed by atoms with Crippen LogP contribution in [0.1, 0.15) is 28.0 Å². The third kappa shape index (κ3) is 4.51. The van der Waals surface area contributed by atoms with Gasteiger partial charge in [0, 0.05) is 49.3 Å². The number of aromatic nitrogens is 3. The smallest absolute Gasteiger partial charge is 0.264 e. The number of benzene rings is 1. The first-order valence-corrected chi connectivity index (χ1v) is 9.74. The second-order valence-corrected chi connectivity index (χ2v) is 7.49. The molecular weight excluding hydrogens is 409 g/mol. The first-order chi connectivity index (χ1) is 14.9. The van der Waals surface area contributed by atoms with Gasteiger partial charge in [0.2, 0.25) is 0 Å². The Labute approximate surface area is 176 Å². The highest BCUT2D eigenvalue weighted by molar-refractivity contribution is 5.96. The molecule has 0 radical (unpaired) electrons. The summed E-state index contributed by atoms with van der Waals surface area (Å²) in [6, 6.07) is 5.79. The molecule has 0 spiro atoms. The van der Waals surface area contributed by atoms with Crippen LogP contribution in [-0.4, -0.2) is 51.1 Å². The van der Waals surface area contributed by atoms with Gasteiger partial charge in [0.15, 0.2) is 6.19 Å². The summed E-state index contributed by atoms with van der Waals surface area (Å²) in [5, 5.41) is 16.0. The van der Waals surface area contributed by atoms with Crippen LogP contribution in [0.25, 0.3) is 10.9 Å². The zero-order valence-electron chi connectivity index (χ0n) is 16.5. The number of nitrogens with one attached hydrogen (secondary N) is 1. The summed E-state index contributed by atoms with van der Waals surface area (Å²) >= 11 is 0. The summed E-state index contributed by atoms with van der Waals surface area (Å²) in [5.74, 6) is -3.66. The molecule has 1 aliphatic rings. The molecule has 3 aromatic rings. The van der Waals surface area contributed by atoms with Gasteiger partial charge in [-0.15, -0.1) is 0 Å². The molecule has 1 aliphatic heterocycles. The molecule has 1 aromatic carbocycles. The molecule has 0 unspecified atom stereocenters. The number of carbonyl (C=O) groups excluding carboxylic acids is 1. The molecule has 0 bridgehead atoms. The fourth-order valence-electron chi connectivity index (χ4n) is 3.84. The Kier molecular flexibility index (Phi) is 5.61. The van der Waals surface area contributed by atoms with E-state index in [1.165, 1.54) is 30.6 Å². The van der Waals surface area contributed by atoms with Crippen LogP contribution in [0.5, 0.6) is 0 Å². The number of hydrogen-bond donors (Lipinski definition) is 1. The van der Waals surface area contributed by atoms with E-state index in [-0.39, 0.29) is 24.9 Å². The molecule has 7 nitrogen and oxygen atoms in total. The molecular formula is C21H19F3N6O. The van der Waals surface area contributed by atoms with Crippen LogP contribution in [0.3, 0.4) is 0 Å². The first-order valence-electron chi connectivity index (χ1n) is 9.74. The highest BCUT2D eigenvalue weighted by Gasteiger charge is 2.37. The lowest BCUT2D eigenvalue weighted by atomic mass is 10.0. The lowest BCUT2D eigenvalue weighted by Gasteiger charge is -2.15. The molecule has 1 saturated heterocycles. The highest BCUT2D eigenvalue weighted by Crippen LogP contribution is 2.27. The standard InChI is InChI=1S/C21H19F3N6O/c22-15-1-2-19-17(10-15)18(9-14-11-26-5-3-16(14)20(31)27-13-25)28-30(19)8-7-29-6-4-21(23,24)12-29/h1-3,5,10-11H,4,6-9,12H2,(H,27,31). The third-order valence-corrected chi connectivity index (χ3v) is 5.34. The van der Waals surface area contributed by atoms with Crippen molar-refractivity contribution >= 4 is 16.8 Å². The lowest BCUT2D eigenvalue weighted by molar-refractivity contribution is 0.0119. The number of rotatable bonds is 6. The van der Waals surface area contributed by atoms with E-state index in [2.05, 4.69) is 15.4 Å². The van der Waals surface area contributed by atoms with Crippen molar-refractivity contribution < 1.29 is 18.0 Å². The van der Waals surface area contributed by atoms with Gasteiger partial charge in [-0.05, 0) is 29.8 Å². The monoisotopic (exact) mass is 428 g/mol. The fraction of sp³-hybridized carbons (Fsp3) is 0.333. The van der Waals surface area contributed by atoms with Crippen molar-refractivity contribution in [2.75, 3.05) is 19.6 Å². The van der Waals surface area contributed by atoms with Crippen molar-refractivity contribution in [3.8, 4) is 6.19 Å². The number of fused-ring (bicyclic) bond motifs is 1. The Hall–Kier alpha value is -3.45.